The van der Waals surface area contributed by atoms with E-state index < -0.39 is 35.1 Å². The maximum Gasteiger partial charge on any atom is 0.313 e. The Labute approximate surface area is 136 Å². The van der Waals surface area contributed by atoms with E-state index in [0.717, 1.165) is 12.2 Å². The summed E-state index contributed by atoms with van der Waals surface area (Å²) in [6.45, 7) is 1.60. The molecule has 0 radical (unpaired) electrons. The van der Waals surface area contributed by atoms with Crippen molar-refractivity contribution in [1.82, 2.24) is 0 Å². The molecule has 0 saturated heterocycles. The fourth-order valence-electron chi connectivity index (χ4n) is 2.90. The molecule has 1 aliphatic carbocycles. The van der Waals surface area contributed by atoms with Crippen molar-refractivity contribution < 1.29 is 34.1 Å². The Morgan fingerprint density at radius 3 is 2.33 bits per heavy atom. The fourth-order valence-corrected chi connectivity index (χ4v) is 2.90. The SMILES string of the molecule is COC(=O)CC1=Cc2c(O)c3c(c(O)c2C(C)O1)C(=O)C=CC3=O. The first-order chi connectivity index (χ1) is 11.3. The van der Waals surface area contributed by atoms with Gasteiger partial charge in [0, 0.05) is 11.1 Å². The van der Waals surface area contributed by atoms with E-state index in [2.05, 4.69) is 4.74 Å². The number of aromatic hydroxyl groups is 2. The largest absolute Gasteiger partial charge is 0.507 e. The van der Waals surface area contributed by atoms with Crippen molar-refractivity contribution in [2.75, 3.05) is 7.11 Å². The average molecular weight is 330 g/mol. The van der Waals surface area contributed by atoms with E-state index in [-0.39, 0.29) is 34.4 Å². The van der Waals surface area contributed by atoms with E-state index in [1.807, 2.05) is 0 Å². The van der Waals surface area contributed by atoms with Crippen LogP contribution in [0.3, 0.4) is 0 Å². The first-order valence-corrected chi connectivity index (χ1v) is 7.17. The molecule has 0 saturated carbocycles. The van der Waals surface area contributed by atoms with Gasteiger partial charge in [0.25, 0.3) is 0 Å². The summed E-state index contributed by atoms with van der Waals surface area (Å²) in [5.41, 5.74) is -0.141. The number of benzene rings is 1. The Balaban J connectivity index is 2.24. The van der Waals surface area contributed by atoms with Crippen LogP contribution in [0.5, 0.6) is 11.5 Å². The number of allylic oxidation sites excluding steroid dienone is 2. The van der Waals surface area contributed by atoms with Crippen molar-refractivity contribution in [3.05, 3.63) is 40.2 Å². The standard InChI is InChI=1S/C17H14O7/c1-7-13-9(5-8(24-7)6-12(20)23-2)16(21)14-10(18)3-4-11(19)15(14)17(13)22/h3-5,7,21-22H,6H2,1-2H3. The van der Waals surface area contributed by atoms with Gasteiger partial charge in [0.1, 0.15) is 29.8 Å². The number of phenols is 2. The number of ether oxygens (including phenoxy) is 2. The van der Waals surface area contributed by atoms with E-state index in [9.17, 15) is 24.6 Å². The highest BCUT2D eigenvalue weighted by Gasteiger charge is 2.35. The molecule has 7 nitrogen and oxygen atoms in total. The lowest BCUT2D eigenvalue weighted by Crippen LogP contribution is -2.18. The molecule has 0 aromatic heterocycles. The number of esters is 1. The molecule has 124 valence electrons. The number of fused-ring (bicyclic) bond motifs is 2. The van der Waals surface area contributed by atoms with Crippen molar-refractivity contribution in [3.8, 4) is 11.5 Å². The number of hydrogen-bond donors (Lipinski definition) is 2. The van der Waals surface area contributed by atoms with Gasteiger partial charge < -0.3 is 19.7 Å². The number of carbonyl (C=O) groups is 3. The van der Waals surface area contributed by atoms with Crippen LogP contribution in [0.1, 0.15) is 51.3 Å². The monoisotopic (exact) mass is 330 g/mol. The summed E-state index contributed by atoms with van der Waals surface area (Å²) in [6, 6.07) is 0. The second-order valence-electron chi connectivity index (χ2n) is 5.46. The summed E-state index contributed by atoms with van der Waals surface area (Å²) >= 11 is 0. The number of phenolic OH excluding ortho intramolecular Hbond substituents is 2. The van der Waals surface area contributed by atoms with Gasteiger partial charge in [0.15, 0.2) is 11.6 Å². The molecule has 2 N–H and O–H groups in total. The minimum Gasteiger partial charge on any atom is -0.507 e. The van der Waals surface area contributed by atoms with Gasteiger partial charge in [-0.25, -0.2) is 0 Å². The van der Waals surface area contributed by atoms with Crippen LogP contribution in [0.25, 0.3) is 6.08 Å². The summed E-state index contributed by atoms with van der Waals surface area (Å²) in [4.78, 5) is 35.5. The van der Waals surface area contributed by atoms with Gasteiger partial charge >= 0.3 is 5.97 Å². The number of methoxy groups -OCH3 is 1. The second-order valence-corrected chi connectivity index (χ2v) is 5.46. The predicted molar refractivity (Wildman–Crippen MR) is 81.7 cm³/mol. The maximum atomic E-state index is 12.0. The normalized spacial score (nSPS) is 18.4. The van der Waals surface area contributed by atoms with Crippen LogP contribution in [0.4, 0.5) is 0 Å². The molecular formula is C17H14O7. The summed E-state index contributed by atoms with van der Waals surface area (Å²) < 4.78 is 10.1. The highest BCUT2D eigenvalue weighted by Crippen LogP contribution is 2.47. The molecule has 0 amide bonds. The first-order valence-electron chi connectivity index (χ1n) is 7.17. The van der Waals surface area contributed by atoms with Crippen LogP contribution >= 0.6 is 0 Å². The molecular weight excluding hydrogens is 316 g/mol. The smallest absolute Gasteiger partial charge is 0.313 e. The van der Waals surface area contributed by atoms with Crippen molar-refractivity contribution in [2.45, 2.75) is 19.4 Å². The molecule has 1 heterocycles. The van der Waals surface area contributed by atoms with Gasteiger partial charge in [-0.3, -0.25) is 14.4 Å². The van der Waals surface area contributed by atoms with Gasteiger partial charge in [0.2, 0.25) is 0 Å². The molecule has 24 heavy (non-hydrogen) atoms. The van der Waals surface area contributed by atoms with Crippen molar-refractivity contribution in [3.63, 3.8) is 0 Å². The molecule has 7 heteroatoms. The van der Waals surface area contributed by atoms with Crippen molar-refractivity contribution >= 4 is 23.6 Å². The third-order valence-electron chi connectivity index (χ3n) is 3.99. The Morgan fingerprint density at radius 2 is 1.75 bits per heavy atom. The summed E-state index contributed by atoms with van der Waals surface area (Å²) in [7, 11) is 1.24. The summed E-state index contributed by atoms with van der Waals surface area (Å²) in [5, 5.41) is 20.9. The lowest BCUT2D eigenvalue weighted by Gasteiger charge is -2.28. The minimum absolute atomic E-state index is 0.153. The van der Waals surface area contributed by atoms with E-state index in [0.29, 0.717) is 0 Å². The van der Waals surface area contributed by atoms with Crippen molar-refractivity contribution in [1.29, 1.82) is 0 Å². The Hall–Kier alpha value is -3.09. The molecule has 1 aromatic rings. The Morgan fingerprint density at radius 1 is 1.17 bits per heavy atom. The lowest BCUT2D eigenvalue weighted by atomic mass is 9.85. The molecule has 0 fully saturated rings. The lowest BCUT2D eigenvalue weighted by molar-refractivity contribution is -0.140. The molecule has 1 atom stereocenters. The number of rotatable bonds is 2. The van der Waals surface area contributed by atoms with Gasteiger partial charge in [-0.1, -0.05) is 0 Å². The van der Waals surface area contributed by atoms with E-state index in [1.165, 1.54) is 13.2 Å². The van der Waals surface area contributed by atoms with E-state index in [1.54, 1.807) is 6.92 Å². The van der Waals surface area contributed by atoms with Gasteiger partial charge in [-0.05, 0) is 25.2 Å². The van der Waals surface area contributed by atoms with Crippen LogP contribution in [-0.2, 0) is 14.3 Å². The summed E-state index contributed by atoms with van der Waals surface area (Å²) in [5.74, 6) is -2.28. The van der Waals surface area contributed by atoms with Crippen LogP contribution in [0, 0.1) is 0 Å². The highest BCUT2D eigenvalue weighted by molar-refractivity contribution is 6.25. The fraction of sp³-hybridized carbons (Fsp3) is 0.235. The van der Waals surface area contributed by atoms with Crippen LogP contribution in [0.2, 0.25) is 0 Å². The summed E-state index contributed by atoms with van der Waals surface area (Å²) in [6.07, 6.45) is 2.55. The zero-order chi connectivity index (χ0) is 17.6. The predicted octanol–water partition coefficient (Wildman–Crippen LogP) is 2.03. The minimum atomic E-state index is -0.727. The Kier molecular flexibility index (Phi) is 3.63. The molecule has 0 spiro atoms. The van der Waals surface area contributed by atoms with Gasteiger partial charge in [0.05, 0.1) is 18.2 Å². The molecule has 3 rings (SSSR count). The second kappa shape index (κ2) is 5.52. The number of hydrogen-bond acceptors (Lipinski definition) is 7. The zero-order valence-corrected chi connectivity index (χ0v) is 13.0. The van der Waals surface area contributed by atoms with Gasteiger partial charge in [-0.15, -0.1) is 0 Å². The molecule has 1 unspecified atom stereocenters. The first kappa shape index (κ1) is 15.8. The Bertz CT molecular complexity index is 845. The highest BCUT2D eigenvalue weighted by atomic mass is 16.5. The molecule has 1 aliphatic heterocycles. The van der Waals surface area contributed by atoms with Crippen LogP contribution < -0.4 is 0 Å². The van der Waals surface area contributed by atoms with Crippen LogP contribution in [-0.4, -0.2) is 34.9 Å². The zero-order valence-electron chi connectivity index (χ0n) is 13.0. The quantitative estimate of drug-likeness (QED) is 0.630. The number of ketones is 2. The molecule has 1 aromatic carbocycles. The third kappa shape index (κ3) is 2.25. The average Bonchev–Trinajstić information content (AvgIpc) is 2.54. The van der Waals surface area contributed by atoms with Crippen molar-refractivity contribution in [2.24, 2.45) is 0 Å². The third-order valence-corrected chi connectivity index (χ3v) is 3.99. The number of carbonyl (C=O) groups excluding carboxylic acids is 3. The van der Waals surface area contributed by atoms with E-state index in [4.69, 9.17) is 4.74 Å². The van der Waals surface area contributed by atoms with E-state index >= 15 is 0 Å². The molecule has 2 aliphatic rings. The maximum absolute atomic E-state index is 12.0. The van der Waals surface area contributed by atoms with Gasteiger partial charge in [-0.2, -0.15) is 0 Å². The topological polar surface area (TPSA) is 110 Å². The van der Waals surface area contributed by atoms with Crippen LogP contribution in [0.15, 0.2) is 17.9 Å². The molecule has 0 bridgehead atoms.